The molecule has 1 fully saturated rings. The Labute approximate surface area is 108 Å². The van der Waals surface area contributed by atoms with E-state index in [2.05, 4.69) is 30.6 Å². The van der Waals surface area contributed by atoms with Gasteiger partial charge >= 0.3 is 0 Å². The van der Waals surface area contributed by atoms with Crippen LogP contribution in [0.2, 0.25) is 0 Å². The number of hydrazine groups is 1. The molecular weight excluding hydrogens is 230 g/mol. The zero-order chi connectivity index (χ0) is 13.0. The molecule has 0 radical (unpaired) electrons. The average molecular weight is 251 g/mol. The van der Waals surface area contributed by atoms with E-state index >= 15 is 0 Å². The predicted molar refractivity (Wildman–Crippen MR) is 72.7 cm³/mol. The lowest BCUT2D eigenvalue weighted by molar-refractivity contribution is 0.488. The summed E-state index contributed by atoms with van der Waals surface area (Å²) in [6.07, 6.45) is 3.71. The van der Waals surface area contributed by atoms with Crippen molar-refractivity contribution in [1.82, 2.24) is 20.0 Å². The van der Waals surface area contributed by atoms with Gasteiger partial charge in [-0.25, -0.2) is 5.01 Å². The minimum absolute atomic E-state index is 0.569. The molecule has 0 aromatic carbocycles. The smallest absolute Gasteiger partial charge is 0.244 e. The molecule has 1 aromatic rings. The largest absolute Gasteiger partial charge is 0.357 e. The lowest BCUT2D eigenvalue weighted by Gasteiger charge is -2.27. The van der Waals surface area contributed by atoms with Gasteiger partial charge in [-0.15, -0.1) is 0 Å². The number of aromatic nitrogens is 3. The summed E-state index contributed by atoms with van der Waals surface area (Å²) in [4.78, 5) is 15.4. The molecule has 100 valence electrons. The summed E-state index contributed by atoms with van der Waals surface area (Å²) in [6, 6.07) is 0. The number of nitrogens with zero attached hydrogens (tertiary/aromatic N) is 5. The van der Waals surface area contributed by atoms with Crippen LogP contribution in [0, 0.1) is 0 Å². The molecule has 2 heterocycles. The van der Waals surface area contributed by atoms with Crippen molar-refractivity contribution in [2.45, 2.75) is 19.3 Å². The highest BCUT2D eigenvalue weighted by Crippen LogP contribution is 2.18. The molecule has 0 saturated carbocycles. The lowest BCUT2D eigenvalue weighted by atomic mass is 10.1. The number of anilines is 3. The van der Waals surface area contributed by atoms with E-state index in [1.54, 1.807) is 0 Å². The van der Waals surface area contributed by atoms with Crippen LogP contribution >= 0.6 is 0 Å². The van der Waals surface area contributed by atoms with E-state index in [0.29, 0.717) is 11.9 Å². The highest BCUT2D eigenvalue weighted by molar-refractivity contribution is 5.43. The van der Waals surface area contributed by atoms with Gasteiger partial charge < -0.3 is 10.2 Å². The Morgan fingerprint density at radius 3 is 2.28 bits per heavy atom. The van der Waals surface area contributed by atoms with Gasteiger partial charge in [0.1, 0.15) is 0 Å². The van der Waals surface area contributed by atoms with Crippen LogP contribution in [-0.4, -0.2) is 54.2 Å². The zero-order valence-electron chi connectivity index (χ0n) is 11.3. The lowest BCUT2D eigenvalue weighted by Crippen LogP contribution is -2.32. The molecule has 1 aliphatic rings. The van der Waals surface area contributed by atoms with E-state index in [0.717, 1.165) is 19.0 Å². The third-order valence-electron chi connectivity index (χ3n) is 2.81. The van der Waals surface area contributed by atoms with Gasteiger partial charge in [0.15, 0.2) is 0 Å². The second-order valence-electron chi connectivity index (χ2n) is 4.59. The number of piperidine rings is 1. The topological polar surface area (TPSA) is 69.2 Å². The van der Waals surface area contributed by atoms with Gasteiger partial charge in [0.2, 0.25) is 17.8 Å². The summed E-state index contributed by atoms with van der Waals surface area (Å²) in [5, 5.41) is 4.79. The molecule has 0 spiro atoms. The van der Waals surface area contributed by atoms with E-state index in [9.17, 15) is 0 Å². The van der Waals surface area contributed by atoms with Crippen LogP contribution in [0.15, 0.2) is 0 Å². The summed E-state index contributed by atoms with van der Waals surface area (Å²) in [7, 11) is 5.63. The third-order valence-corrected chi connectivity index (χ3v) is 2.81. The van der Waals surface area contributed by atoms with Gasteiger partial charge in [0.05, 0.1) is 0 Å². The van der Waals surface area contributed by atoms with Crippen molar-refractivity contribution in [3.8, 4) is 0 Å². The van der Waals surface area contributed by atoms with Crippen LogP contribution in [0.3, 0.4) is 0 Å². The van der Waals surface area contributed by atoms with Crippen LogP contribution < -0.4 is 15.6 Å². The quantitative estimate of drug-likeness (QED) is 0.767. The molecule has 0 atom stereocenters. The highest BCUT2D eigenvalue weighted by atomic mass is 15.5. The van der Waals surface area contributed by atoms with Crippen LogP contribution in [0.25, 0.3) is 0 Å². The second-order valence-corrected chi connectivity index (χ2v) is 4.59. The second kappa shape index (κ2) is 5.81. The molecule has 2 rings (SSSR count). The maximum Gasteiger partial charge on any atom is 0.244 e. The van der Waals surface area contributed by atoms with Gasteiger partial charge in [0, 0.05) is 34.2 Å². The SMILES string of the molecule is CNc1nc(NN(C)C)nc(N2CCCCC2)n1. The first-order chi connectivity index (χ1) is 8.69. The van der Waals surface area contributed by atoms with Crippen molar-refractivity contribution >= 4 is 17.8 Å². The summed E-state index contributed by atoms with van der Waals surface area (Å²) >= 11 is 0. The highest BCUT2D eigenvalue weighted by Gasteiger charge is 2.15. The van der Waals surface area contributed by atoms with Crippen LogP contribution in [0.4, 0.5) is 17.8 Å². The molecule has 0 amide bonds. The minimum Gasteiger partial charge on any atom is -0.357 e. The Bertz CT molecular complexity index is 387. The van der Waals surface area contributed by atoms with Crippen LogP contribution in [-0.2, 0) is 0 Å². The number of rotatable bonds is 4. The molecule has 0 aliphatic carbocycles. The molecule has 2 N–H and O–H groups in total. The van der Waals surface area contributed by atoms with E-state index in [1.807, 2.05) is 26.2 Å². The van der Waals surface area contributed by atoms with E-state index < -0.39 is 0 Å². The van der Waals surface area contributed by atoms with Gasteiger partial charge in [0.25, 0.3) is 0 Å². The molecule has 1 aromatic heterocycles. The van der Waals surface area contributed by atoms with Crippen molar-refractivity contribution in [3.05, 3.63) is 0 Å². The fourth-order valence-electron chi connectivity index (χ4n) is 1.96. The molecular formula is C11H21N7. The molecule has 7 heteroatoms. The van der Waals surface area contributed by atoms with Crippen molar-refractivity contribution in [3.63, 3.8) is 0 Å². The summed E-state index contributed by atoms with van der Waals surface area (Å²) < 4.78 is 0. The van der Waals surface area contributed by atoms with Crippen molar-refractivity contribution < 1.29 is 0 Å². The third kappa shape index (κ3) is 3.19. The Kier molecular flexibility index (Phi) is 4.14. The Morgan fingerprint density at radius 2 is 1.67 bits per heavy atom. The Morgan fingerprint density at radius 1 is 1.00 bits per heavy atom. The van der Waals surface area contributed by atoms with E-state index in [1.165, 1.54) is 19.3 Å². The predicted octanol–water partition coefficient (Wildman–Crippen LogP) is 0.792. The Hall–Kier alpha value is -1.63. The first-order valence-corrected chi connectivity index (χ1v) is 6.32. The van der Waals surface area contributed by atoms with Crippen molar-refractivity contribution in [2.75, 3.05) is 49.9 Å². The minimum atomic E-state index is 0.569. The molecule has 0 unspecified atom stereocenters. The summed E-state index contributed by atoms with van der Waals surface area (Å²) in [5.74, 6) is 1.91. The van der Waals surface area contributed by atoms with Crippen molar-refractivity contribution in [2.24, 2.45) is 0 Å². The van der Waals surface area contributed by atoms with Gasteiger partial charge in [-0.2, -0.15) is 15.0 Å². The maximum atomic E-state index is 4.46. The van der Waals surface area contributed by atoms with Gasteiger partial charge in [-0.3, -0.25) is 5.43 Å². The van der Waals surface area contributed by atoms with Gasteiger partial charge in [-0.05, 0) is 19.3 Å². The monoisotopic (exact) mass is 251 g/mol. The van der Waals surface area contributed by atoms with Gasteiger partial charge in [-0.1, -0.05) is 0 Å². The first kappa shape index (κ1) is 12.8. The summed E-state index contributed by atoms with van der Waals surface area (Å²) in [6.45, 7) is 2.04. The average Bonchev–Trinajstić information content (AvgIpc) is 2.38. The van der Waals surface area contributed by atoms with Crippen LogP contribution in [0.1, 0.15) is 19.3 Å². The normalized spacial score (nSPS) is 15.9. The molecule has 0 bridgehead atoms. The van der Waals surface area contributed by atoms with Crippen LogP contribution in [0.5, 0.6) is 0 Å². The van der Waals surface area contributed by atoms with Crippen molar-refractivity contribution in [1.29, 1.82) is 0 Å². The van der Waals surface area contributed by atoms with E-state index in [-0.39, 0.29) is 0 Å². The maximum absolute atomic E-state index is 4.46. The van der Waals surface area contributed by atoms with E-state index in [4.69, 9.17) is 0 Å². The first-order valence-electron chi connectivity index (χ1n) is 6.32. The number of hydrogen-bond acceptors (Lipinski definition) is 7. The molecule has 18 heavy (non-hydrogen) atoms. The zero-order valence-corrected chi connectivity index (χ0v) is 11.3. The molecule has 1 saturated heterocycles. The molecule has 1 aliphatic heterocycles. The Balaban J connectivity index is 2.22. The number of hydrogen-bond donors (Lipinski definition) is 2. The summed E-state index contributed by atoms with van der Waals surface area (Å²) in [5.41, 5.74) is 3.06. The fraction of sp³-hybridized carbons (Fsp3) is 0.727. The number of nitrogens with one attached hydrogen (secondary N) is 2. The molecule has 7 nitrogen and oxygen atoms in total. The fourth-order valence-corrected chi connectivity index (χ4v) is 1.96. The standard InChI is InChI=1S/C11H21N7/c1-12-9-13-10(16-17(2)3)15-11(14-9)18-7-5-4-6-8-18/h4-8H2,1-3H3,(H2,12,13,14,15,16).